The first kappa shape index (κ1) is 9.27. The van der Waals surface area contributed by atoms with E-state index in [0.717, 1.165) is 5.69 Å². The molecule has 13 heavy (non-hydrogen) atoms. The molecule has 0 bridgehead atoms. The lowest BCUT2D eigenvalue weighted by molar-refractivity contribution is 1.02. The van der Waals surface area contributed by atoms with Crippen molar-refractivity contribution in [1.29, 1.82) is 5.26 Å². The van der Waals surface area contributed by atoms with Crippen molar-refractivity contribution in [1.82, 2.24) is 4.98 Å². The van der Waals surface area contributed by atoms with Gasteiger partial charge >= 0.3 is 0 Å². The van der Waals surface area contributed by atoms with Gasteiger partial charge in [-0.15, -0.1) is 6.58 Å². The summed E-state index contributed by atoms with van der Waals surface area (Å²) in [4.78, 5) is 5.90. The summed E-state index contributed by atoms with van der Waals surface area (Å²) in [5.41, 5.74) is 1.48. The summed E-state index contributed by atoms with van der Waals surface area (Å²) in [6.07, 6.45) is 5.08. The third kappa shape index (κ3) is 2.06. The first-order valence-corrected chi connectivity index (χ1v) is 3.95. The molecule has 66 valence electrons. The van der Waals surface area contributed by atoms with Crippen molar-refractivity contribution in [2.75, 3.05) is 18.5 Å². The molecule has 3 heteroatoms. The Kier molecular flexibility index (Phi) is 3.04. The molecular formula is C10H11N3. The Bertz CT molecular complexity index is 338. The predicted molar refractivity (Wildman–Crippen MR) is 52.4 cm³/mol. The van der Waals surface area contributed by atoms with Gasteiger partial charge in [0.1, 0.15) is 6.07 Å². The van der Waals surface area contributed by atoms with Crippen molar-refractivity contribution in [2.24, 2.45) is 0 Å². The first-order chi connectivity index (χ1) is 6.29. The molecule has 1 aromatic heterocycles. The summed E-state index contributed by atoms with van der Waals surface area (Å²) in [5, 5.41) is 8.81. The summed E-state index contributed by atoms with van der Waals surface area (Å²) in [6.45, 7) is 4.35. The summed E-state index contributed by atoms with van der Waals surface area (Å²) < 4.78 is 0. The Hall–Kier alpha value is -1.82. The standard InChI is InChI=1S/C10H11N3/c1-3-6-13(2)10-8-12-5-4-9(10)7-11/h3-5,8H,1,6H2,2H3. The molecular weight excluding hydrogens is 162 g/mol. The van der Waals surface area contributed by atoms with Gasteiger partial charge in [0.2, 0.25) is 0 Å². The lowest BCUT2D eigenvalue weighted by Crippen LogP contribution is -2.17. The fourth-order valence-corrected chi connectivity index (χ4v) is 1.08. The SMILES string of the molecule is C=CCN(C)c1cnccc1C#N. The normalized spacial score (nSPS) is 8.92. The van der Waals surface area contributed by atoms with Gasteiger partial charge in [-0.25, -0.2) is 0 Å². The van der Waals surface area contributed by atoms with Crippen molar-refractivity contribution in [3.63, 3.8) is 0 Å². The zero-order valence-corrected chi connectivity index (χ0v) is 7.57. The molecule has 0 spiro atoms. The zero-order chi connectivity index (χ0) is 9.68. The van der Waals surface area contributed by atoms with Crippen molar-refractivity contribution < 1.29 is 0 Å². The molecule has 1 heterocycles. The molecule has 0 fully saturated rings. The van der Waals surface area contributed by atoms with Gasteiger partial charge < -0.3 is 4.90 Å². The van der Waals surface area contributed by atoms with E-state index in [4.69, 9.17) is 5.26 Å². The third-order valence-electron chi connectivity index (χ3n) is 1.73. The van der Waals surface area contributed by atoms with Crippen LogP contribution in [0.4, 0.5) is 5.69 Å². The van der Waals surface area contributed by atoms with Crippen LogP contribution < -0.4 is 4.90 Å². The van der Waals surface area contributed by atoms with Crippen molar-refractivity contribution >= 4 is 5.69 Å². The number of nitrogens with zero attached hydrogens (tertiary/aromatic N) is 3. The van der Waals surface area contributed by atoms with Crippen LogP contribution in [0, 0.1) is 11.3 Å². The molecule has 0 aliphatic rings. The maximum Gasteiger partial charge on any atom is 0.101 e. The number of nitriles is 1. The molecule has 0 aromatic carbocycles. The second kappa shape index (κ2) is 4.27. The van der Waals surface area contributed by atoms with E-state index in [9.17, 15) is 0 Å². The molecule has 0 saturated heterocycles. The Balaban J connectivity index is 2.99. The van der Waals surface area contributed by atoms with Gasteiger partial charge in [-0.2, -0.15) is 5.26 Å². The highest BCUT2D eigenvalue weighted by atomic mass is 15.1. The van der Waals surface area contributed by atoms with E-state index in [-0.39, 0.29) is 0 Å². The third-order valence-corrected chi connectivity index (χ3v) is 1.73. The Morgan fingerprint density at radius 3 is 3.15 bits per heavy atom. The van der Waals surface area contributed by atoms with Crippen LogP contribution in [0.1, 0.15) is 5.56 Å². The minimum atomic E-state index is 0.638. The number of pyridine rings is 1. The van der Waals surface area contributed by atoms with E-state index in [1.807, 2.05) is 11.9 Å². The second-order valence-electron chi connectivity index (χ2n) is 2.67. The Labute approximate surface area is 77.9 Å². The van der Waals surface area contributed by atoms with Gasteiger partial charge in [0, 0.05) is 19.8 Å². The molecule has 1 rings (SSSR count). The molecule has 3 nitrogen and oxygen atoms in total. The van der Waals surface area contributed by atoms with Crippen molar-refractivity contribution in [2.45, 2.75) is 0 Å². The summed E-state index contributed by atoms with van der Waals surface area (Å²) in [7, 11) is 1.90. The van der Waals surface area contributed by atoms with Crippen LogP contribution in [0.2, 0.25) is 0 Å². The molecule has 0 saturated carbocycles. The van der Waals surface area contributed by atoms with Gasteiger partial charge in [0.25, 0.3) is 0 Å². The van der Waals surface area contributed by atoms with E-state index in [0.29, 0.717) is 12.1 Å². The average Bonchev–Trinajstić information content (AvgIpc) is 2.18. The van der Waals surface area contributed by atoms with Crippen LogP contribution in [-0.4, -0.2) is 18.6 Å². The fraction of sp³-hybridized carbons (Fsp3) is 0.200. The largest absolute Gasteiger partial charge is 0.369 e. The highest BCUT2D eigenvalue weighted by molar-refractivity contribution is 5.57. The number of hydrogen-bond donors (Lipinski definition) is 0. The lowest BCUT2D eigenvalue weighted by atomic mass is 10.2. The molecule has 0 aliphatic carbocycles. The maximum absolute atomic E-state index is 8.81. The topological polar surface area (TPSA) is 39.9 Å². The van der Waals surface area contributed by atoms with Crippen LogP contribution in [-0.2, 0) is 0 Å². The van der Waals surface area contributed by atoms with Gasteiger partial charge in [0.15, 0.2) is 0 Å². The predicted octanol–water partition coefficient (Wildman–Crippen LogP) is 1.58. The monoisotopic (exact) mass is 173 g/mol. The number of rotatable bonds is 3. The van der Waals surface area contributed by atoms with Gasteiger partial charge in [-0.1, -0.05) is 6.08 Å². The van der Waals surface area contributed by atoms with E-state index in [1.54, 1.807) is 24.5 Å². The Morgan fingerprint density at radius 2 is 2.54 bits per heavy atom. The summed E-state index contributed by atoms with van der Waals surface area (Å²) >= 11 is 0. The van der Waals surface area contributed by atoms with Crippen LogP contribution >= 0.6 is 0 Å². The summed E-state index contributed by atoms with van der Waals surface area (Å²) in [6, 6.07) is 3.82. The number of hydrogen-bond acceptors (Lipinski definition) is 3. The van der Waals surface area contributed by atoms with E-state index in [2.05, 4.69) is 17.6 Å². The molecule has 1 aromatic rings. The van der Waals surface area contributed by atoms with Crippen LogP contribution in [0.15, 0.2) is 31.1 Å². The maximum atomic E-state index is 8.81. The molecule has 0 amide bonds. The van der Waals surface area contributed by atoms with Crippen LogP contribution in [0.3, 0.4) is 0 Å². The van der Waals surface area contributed by atoms with Crippen molar-refractivity contribution in [3.8, 4) is 6.07 Å². The Morgan fingerprint density at radius 1 is 1.77 bits per heavy atom. The van der Waals surface area contributed by atoms with Gasteiger partial charge in [-0.3, -0.25) is 4.98 Å². The number of anilines is 1. The van der Waals surface area contributed by atoms with E-state index < -0.39 is 0 Å². The van der Waals surface area contributed by atoms with Gasteiger partial charge in [0.05, 0.1) is 17.4 Å². The van der Waals surface area contributed by atoms with Crippen molar-refractivity contribution in [3.05, 3.63) is 36.7 Å². The van der Waals surface area contributed by atoms with Crippen LogP contribution in [0.5, 0.6) is 0 Å². The first-order valence-electron chi connectivity index (χ1n) is 3.95. The summed E-state index contributed by atoms with van der Waals surface area (Å²) in [5.74, 6) is 0. The fourth-order valence-electron chi connectivity index (χ4n) is 1.08. The van der Waals surface area contributed by atoms with Crippen LogP contribution in [0.25, 0.3) is 0 Å². The molecule has 0 aliphatic heterocycles. The highest BCUT2D eigenvalue weighted by Crippen LogP contribution is 2.15. The smallest absolute Gasteiger partial charge is 0.101 e. The average molecular weight is 173 g/mol. The van der Waals surface area contributed by atoms with E-state index >= 15 is 0 Å². The molecule has 0 unspecified atom stereocenters. The number of likely N-dealkylation sites (N-methyl/N-ethyl adjacent to an activating group) is 1. The minimum Gasteiger partial charge on any atom is -0.369 e. The highest BCUT2D eigenvalue weighted by Gasteiger charge is 2.04. The van der Waals surface area contributed by atoms with Gasteiger partial charge in [-0.05, 0) is 6.07 Å². The second-order valence-corrected chi connectivity index (χ2v) is 2.67. The molecule has 0 N–H and O–H groups in total. The zero-order valence-electron chi connectivity index (χ0n) is 7.57. The minimum absolute atomic E-state index is 0.638. The molecule has 0 radical (unpaired) electrons. The quantitative estimate of drug-likeness (QED) is 0.651. The molecule has 0 atom stereocenters. The van der Waals surface area contributed by atoms with E-state index in [1.165, 1.54) is 0 Å². The lowest BCUT2D eigenvalue weighted by Gasteiger charge is -2.17. The number of aromatic nitrogens is 1.